The Balaban J connectivity index is 1.36. The van der Waals surface area contributed by atoms with E-state index >= 15 is 0 Å². The van der Waals surface area contributed by atoms with Gasteiger partial charge in [0.15, 0.2) is 0 Å². The summed E-state index contributed by atoms with van der Waals surface area (Å²) in [5, 5.41) is 6.64. The monoisotopic (exact) mass is 498 g/mol. The number of hydrogen-bond acceptors (Lipinski definition) is 6. The summed E-state index contributed by atoms with van der Waals surface area (Å²) >= 11 is 6.52. The molecule has 0 radical (unpaired) electrons. The van der Waals surface area contributed by atoms with Crippen LogP contribution in [0.3, 0.4) is 0 Å². The van der Waals surface area contributed by atoms with Crippen LogP contribution >= 0.6 is 11.6 Å². The summed E-state index contributed by atoms with van der Waals surface area (Å²) in [6.45, 7) is 1.33. The molecule has 4 amide bonds. The van der Waals surface area contributed by atoms with Gasteiger partial charge in [-0.2, -0.15) is 5.10 Å². The number of H-pyrrole nitrogens is 1. The van der Waals surface area contributed by atoms with Crippen molar-refractivity contribution < 1.29 is 19.2 Å². The molecule has 0 bridgehead atoms. The Bertz CT molecular complexity index is 1140. The average Bonchev–Trinajstić information content (AvgIpc) is 3.62. The van der Waals surface area contributed by atoms with Crippen molar-refractivity contribution in [3.05, 3.63) is 47.0 Å². The standard InChI is InChI=1S/C24H27ClN6O4/c25-18-8-4-3-7-17(18)24(14-20(33)31(23(24)35)16-5-1-2-6-16)13-19(32)29-9-11-30(12-10-29)22(34)21-26-15-27-28-21/h3-4,7-8,15-16H,1-2,5-6,9-14H2,(H,26,27,28)/t24-/m0/s1. The topological polar surface area (TPSA) is 120 Å². The highest BCUT2D eigenvalue weighted by molar-refractivity contribution is 6.32. The third-order valence-electron chi connectivity index (χ3n) is 7.42. The minimum Gasteiger partial charge on any atom is -0.339 e. The van der Waals surface area contributed by atoms with Gasteiger partial charge in [-0.1, -0.05) is 42.6 Å². The van der Waals surface area contributed by atoms with E-state index < -0.39 is 5.41 Å². The first-order valence-electron chi connectivity index (χ1n) is 11.9. The lowest BCUT2D eigenvalue weighted by atomic mass is 9.75. The second-order valence-electron chi connectivity index (χ2n) is 9.43. The van der Waals surface area contributed by atoms with Gasteiger partial charge < -0.3 is 9.80 Å². The van der Waals surface area contributed by atoms with Gasteiger partial charge in [0.2, 0.25) is 23.5 Å². The van der Waals surface area contributed by atoms with Crippen LogP contribution in [0.5, 0.6) is 0 Å². The van der Waals surface area contributed by atoms with Crippen LogP contribution in [0.4, 0.5) is 0 Å². The fourth-order valence-corrected chi connectivity index (χ4v) is 5.89. The number of benzene rings is 1. The maximum Gasteiger partial charge on any atom is 0.291 e. The Hall–Kier alpha value is -3.27. The van der Waals surface area contributed by atoms with Crippen molar-refractivity contribution in [2.75, 3.05) is 26.2 Å². The molecule has 2 saturated heterocycles. The number of likely N-dealkylation sites (tertiary alicyclic amines) is 1. The molecule has 1 aromatic carbocycles. The number of piperazine rings is 1. The molecule has 3 aliphatic rings. The van der Waals surface area contributed by atoms with Crippen molar-refractivity contribution in [2.24, 2.45) is 0 Å². The summed E-state index contributed by atoms with van der Waals surface area (Å²) in [6, 6.07) is 6.86. The summed E-state index contributed by atoms with van der Waals surface area (Å²) < 4.78 is 0. The van der Waals surface area contributed by atoms with Crippen LogP contribution in [0.1, 0.15) is 54.7 Å². The number of aromatic amines is 1. The van der Waals surface area contributed by atoms with E-state index in [-0.39, 0.29) is 48.3 Å². The van der Waals surface area contributed by atoms with Crippen LogP contribution < -0.4 is 0 Å². The molecule has 10 nitrogen and oxygen atoms in total. The van der Waals surface area contributed by atoms with Gasteiger partial charge in [0.25, 0.3) is 5.91 Å². The predicted octanol–water partition coefficient (Wildman–Crippen LogP) is 1.77. The molecule has 11 heteroatoms. The first-order chi connectivity index (χ1) is 16.9. The van der Waals surface area contributed by atoms with Crippen molar-refractivity contribution >= 4 is 35.2 Å². The van der Waals surface area contributed by atoms with Gasteiger partial charge in [-0.15, -0.1) is 0 Å². The van der Waals surface area contributed by atoms with Gasteiger partial charge >= 0.3 is 0 Å². The minimum atomic E-state index is -1.32. The molecule has 1 N–H and O–H groups in total. The molecular weight excluding hydrogens is 472 g/mol. The Kier molecular flexibility index (Phi) is 6.31. The van der Waals surface area contributed by atoms with Crippen molar-refractivity contribution in [3.8, 4) is 0 Å². The number of aromatic nitrogens is 3. The molecule has 1 aromatic heterocycles. The molecule has 0 spiro atoms. The van der Waals surface area contributed by atoms with Gasteiger partial charge in [-0.3, -0.25) is 29.2 Å². The Morgan fingerprint density at radius 2 is 1.74 bits per heavy atom. The third kappa shape index (κ3) is 4.20. The summed E-state index contributed by atoms with van der Waals surface area (Å²) in [5.41, 5.74) is -0.796. The van der Waals surface area contributed by atoms with E-state index in [0.717, 1.165) is 25.7 Å². The lowest BCUT2D eigenvalue weighted by Gasteiger charge is -2.36. The quantitative estimate of drug-likeness (QED) is 0.627. The molecule has 1 atom stereocenters. The van der Waals surface area contributed by atoms with Crippen LogP contribution in [-0.2, 0) is 19.8 Å². The largest absolute Gasteiger partial charge is 0.339 e. The van der Waals surface area contributed by atoms with Gasteiger partial charge in [0, 0.05) is 50.1 Å². The summed E-state index contributed by atoms with van der Waals surface area (Å²) in [6.07, 6.45) is 4.63. The maximum atomic E-state index is 13.9. The lowest BCUT2D eigenvalue weighted by Crippen LogP contribution is -2.52. The van der Waals surface area contributed by atoms with E-state index in [9.17, 15) is 19.2 Å². The highest BCUT2D eigenvalue weighted by Crippen LogP contribution is 2.45. The van der Waals surface area contributed by atoms with Crippen LogP contribution in [0.25, 0.3) is 0 Å². The second kappa shape index (κ2) is 9.41. The minimum absolute atomic E-state index is 0.0677. The first-order valence-corrected chi connectivity index (χ1v) is 12.3. The van der Waals surface area contributed by atoms with Crippen molar-refractivity contribution in [1.82, 2.24) is 29.9 Å². The molecular formula is C24H27ClN6O4. The average molecular weight is 499 g/mol. The number of rotatable bonds is 5. The van der Waals surface area contributed by atoms with Crippen LogP contribution in [0, 0.1) is 0 Å². The zero-order chi connectivity index (χ0) is 24.6. The second-order valence-corrected chi connectivity index (χ2v) is 9.84. The molecule has 2 aromatic rings. The summed E-state index contributed by atoms with van der Waals surface area (Å²) in [5.74, 6) is -0.909. The Morgan fingerprint density at radius 3 is 2.40 bits per heavy atom. The van der Waals surface area contributed by atoms with E-state index in [0.29, 0.717) is 36.8 Å². The highest BCUT2D eigenvalue weighted by atomic mass is 35.5. The fraction of sp³-hybridized carbons (Fsp3) is 0.500. The van der Waals surface area contributed by atoms with Gasteiger partial charge in [-0.05, 0) is 24.5 Å². The number of halogens is 1. The molecule has 1 aliphatic carbocycles. The fourth-order valence-electron chi connectivity index (χ4n) is 5.57. The summed E-state index contributed by atoms with van der Waals surface area (Å²) in [4.78, 5) is 61.6. The predicted molar refractivity (Wildman–Crippen MR) is 125 cm³/mol. The Morgan fingerprint density at radius 1 is 1.06 bits per heavy atom. The lowest BCUT2D eigenvalue weighted by molar-refractivity contribution is -0.145. The van der Waals surface area contributed by atoms with Gasteiger partial charge in [-0.25, -0.2) is 4.98 Å². The van der Waals surface area contributed by atoms with Crippen molar-refractivity contribution in [3.63, 3.8) is 0 Å². The molecule has 3 heterocycles. The smallest absolute Gasteiger partial charge is 0.291 e. The Labute approximate surface area is 207 Å². The maximum absolute atomic E-state index is 13.9. The van der Waals surface area contributed by atoms with Crippen LogP contribution in [-0.4, -0.2) is 85.7 Å². The molecule has 0 unspecified atom stereocenters. The number of carbonyl (C=O) groups is 4. The first kappa shape index (κ1) is 23.5. The van der Waals surface area contributed by atoms with Gasteiger partial charge in [0.1, 0.15) is 6.33 Å². The zero-order valence-electron chi connectivity index (χ0n) is 19.3. The zero-order valence-corrected chi connectivity index (χ0v) is 20.0. The highest BCUT2D eigenvalue weighted by Gasteiger charge is 2.56. The van der Waals surface area contributed by atoms with E-state index in [2.05, 4.69) is 15.2 Å². The van der Waals surface area contributed by atoms with E-state index in [1.807, 2.05) is 0 Å². The van der Waals surface area contributed by atoms with Gasteiger partial charge in [0.05, 0.1) is 5.41 Å². The number of imide groups is 1. The SMILES string of the molecule is O=C(C[C@@]1(c2ccccc2Cl)CC(=O)N(C2CCCC2)C1=O)N1CCN(C(=O)c2ncn[nH]2)CC1. The number of nitrogens with zero attached hydrogens (tertiary/aromatic N) is 5. The van der Waals surface area contributed by atoms with E-state index in [1.165, 1.54) is 11.2 Å². The third-order valence-corrected chi connectivity index (χ3v) is 7.75. The normalized spacial score (nSPS) is 23.4. The van der Waals surface area contributed by atoms with Crippen molar-refractivity contribution in [2.45, 2.75) is 50.0 Å². The molecule has 2 aliphatic heterocycles. The molecule has 3 fully saturated rings. The van der Waals surface area contributed by atoms with Crippen LogP contribution in [0.2, 0.25) is 5.02 Å². The van der Waals surface area contributed by atoms with E-state index in [1.54, 1.807) is 34.1 Å². The number of amides is 4. The van der Waals surface area contributed by atoms with E-state index in [4.69, 9.17) is 11.6 Å². The number of hydrogen-bond donors (Lipinski definition) is 1. The molecule has 184 valence electrons. The number of carbonyl (C=O) groups excluding carboxylic acids is 4. The van der Waals surface area contributed by atoms with Crippen molar-refractivity contribution in [1.29, 1.82) is 0 Å². The molecule has 35 heavy (non-hydrogen) atoms. The molecule has 5 rings (SSSR count). The summed E-state index contributed by atoms with van der Waals surface area (Å²) in [7, 11) is 0. The molecule has 1 saturated carbocycles. The number of nitrogens with one attached hydrogen (secondary N) is 1. The van der Waals surface area contributed by atoms with Crippen LogP contribution in [0.15, 0.2) is 30.6 Å².